The van der Waals surface area contributed by atoms with E-state index in [2.05, 4.69) is 23.3 Å². The Morgan fingerprint density at radius 3 is 2.71 bits per heavy atom. The van der Waals surface area contributed by atoms with Crippen LogP contribution in [0.5, 0.6) is 0 Å². The zero-order valence-electron chi connectivity index (χ0n) is 11.2. The van der Waals surface area contributed by atoms with Crippen molar-refractivity contribution in [2.45, 2.75) is 68.7 Å². The van der Waals surface area contributed by atoms with Crippen LogP contribution in [0.25, 0.3) is 0 Å². The van der Waals surface area contributed by atoms with Crippen LogP contribution in [0.15, 0.2) is 0 Å². The Balaban J connectivity index is 1.81. The maximum absolute atomic E-state index is 5.91. The smallest absolute Gasteiger partial charge is 0.0110 e. The molecule has 0 spiro atoms. The highest BCUT2D eigenvalue weighted by molar-refractivity contribution is 7.99. The number of nitrogens with one attached hydrogen (secondary N) is 1. The van der Waals surface area contributed by atoms with E-state index >= 15 is 0 Å². The molecule has 0 aliphatic heterocycles. The number of hydrogen-bond donors (Lipinski definition) is 2. The van der Waals surface area contributed by atoms with E-state index in [-0.39, 0.29) is 0 Å². The normalized spacial score (nSPS) is 39.2. The quantitative estimate of drug-likeness (QED) is 0.812. The fourth-order valence-electron chi connectivity index (χ4n) is 3.52. The van der Waals surface area contributed by atoms with Crippen molar-refractivity contribution in [1.82, 2.24) is 5.32 Å². The molecule has 4 atom stereocenters. The van der Waals surface area contributed by atoms with Crippen molar-refractivity contribution in [3.05, 3.63) is 0 Å². The second-order valence-electron chi connectivity index (χ2n) is 5.77. The van der Waals surface area contributed by atoms with E-state index in [1.807, 2.05) is 0 Å². The maximum atomic E-state index is 5.91. The Hall–Kier alpha value is 0.270. The third kappa shape index (κ3) is 3.87. The van der Waals surface area contributed by atoms with Crippen molar-refractivity contribution in [2.24, 2.45) is 11.7 Å². The summed E-state index contributed by atoms with van der Waals surface area (Å²) in [5.41, 5.74) is 5.91. The molecule has 2 aliphatic carbocycles. The van der Waals surface area contributed by atoms with Gasteiger partial charge < -0.3 is 11.1 Å². The zero-order valence-corrected chi connectivity index (χ0v) is 12.0. The lowest BCUT2D eigenvalue weighted by Gasteiger charge is -2.37. The summed E-state index contributed by atoms with van der Waals surface area (Å²) >= 11 is 2.05. The molecular formula is C14H28N2S. The van der Waals surface area contributed by atoms with Crippen LogP contribution in [0.4, 0.5) is 0 Å². The Bertz CT molecular complexity index is 222. The molecule has 0 bridgehead atoms. The van der Waals surface area contributed by atoms with Gasteiger partial charge >= 0.3 is 0 Å². The standard InChI is InChI=1S/C14H28N2S/c1-17-13-7-4-6-12(9-13)16-14-8-3-2-5-11(14)10-15/h11-14,16H,2-10,15H2,1H3. The molecule has 2 rings (SSSR count). The number of rotatable bonds is 4. The zero-order chi connectivity index (χ0) is 12.1. The molecule has 17 heavy (non-hydrogen) atoms. The largest absolute Gasteiger partial charge is 0.330 e. The number of thioether (sulfide) groups is 1. The first kappa shape index (κ1) is 13.7. The minimum absolute atomic E-state index is 0.708. The molecule has 3 N–H and O–H groups in total. The first-order chi connectivity index (χ1) is 8.33. The van der Waals surface area contributed by atoms with E-state index in [9.17, 15) is 0 Å². The predicted molar refractivity (Wildman–Crippen MR) is 77.5 cm³/mol. The monoisotopic (exact) mass is 256 g/mol. The Labute approximate surface area is 110 Å². The van der Waals surface area contributed by atoms with Gasteiger partial charge in [-0.1, -0.05) is 19.3 Å². The second-order valence-corrected chi connectivity index (χ2v) is 6.91. The number of hydrogen-bond acceptors (Lipinski definition) is 3. The molecule has 100 valence electrons. The summed E-state index contributed by atoms with van der Waals surface area (Å²) in [5, 5.41) is 4.82. The third-order valence-corrected chi connectivity index (χ3v) is 5.72. The molecule has 0 aromatic heterocycles. The van der Waals surface area contributed by atoms with E-state index in [0.717, 1.165) is 23.8 Å². The lowest BCUT2D eigenvalue weighted by Crippen LogP contribution is -2.48. The summed E-state index contributed by atoms with van der Waals surface area (Å²) in [6.07, 6.45) is 13.3. The van der Waals surface area contributed by atoms with Crippen molar-refractivity contribution in [3.8, 4) is 0 Å². The van der Waals surface area contributed by atoms with Crippen molar-refractivity contribution < 1.29 is 0 Å². The molecule has 2 nitrogen and oxygen atoms in total. The second kappa shape index (κ2) is 7.01. The van der Waals surface area contributed by atoms with Gasteiger partial charge in [0.2, 0.25) is 0 Å². The maximum Gasteiger partial charge on any atom is 0.0110 e. The topological polar surface area (TPSA) is 38.0 Å². The van der Waals surface area contributed by atoms with Gasteiger partial charge in [0, 0.05) is 17.3 Å². The fraction of sp³-hybridized carbons (Fsp3) is 1.00. The third-order valence-electron chi connectivity index (χ3n) is 4.62. The van der Waals surface area contributed by atoms with Gasteiger partial charge in [-0.15, -0.1) is 0 Å². The fourth-order valence-corrected chi connectivity index (χ4v) is 4.35. The average Bonchev–Trinajstić information content (AvgIpc) is 2.39. The molecule has 2 fully saturated rings. The van der Waals surface area contributed by atoms with Crippen molar-refractivity contribution in [3.63, 3.8) is 0 Å². The molecule has 0 amide bonds. The molecule has 0 aromatic rings. The van der Waals surface area contributed by atoms with Gasteiger partial charge in [0.15, 0.2) is 0 Å². The van der Waals surface area contributed by atoms with Crippen LogP contribution >= 0.6 is 11.8 Å². The van der Waals surface area contributed by atoms with Gasteiger partial charge in [-0.3, -0.25) is 0 Å². The van der Waals surface area contributed by atoms with Gasteiger partial charge in [-0.05, 0) is 50.8 Å². The van der Waals surface area contributed by atoms with Crippen LogP contribution < -0.4 is 11.1 Å². The van der Waals surface area contributed by atoms with E-state index < -0.39 is 0 Å². The van der Waals surface area contributed by atoms with Gasteiger partial charge in [-0.2, -0.15) is 11.8 Å². The van der Waals surface area contributed by atoms with Crippen molar-refractivity contribution in [2.75, 3.05) is 12.8 Å². The highest BCUT2D eigenvalue weighted by Gasteiger charge is 2.28. The van der Waals surface area contributed by atoms with Gasteiger partial charge in [0.05, 0.1) is 0 Å². The highest BCUT2D eigenvalue weighted by atomic mass is 32.2. The summed E-state index contributed by atoms with van der Waals surface area (Å²) in [6.45, 7) is 0.871. The number of nitrogens with two attached hydrogens (primary N) is 1. The summed E-state index contributed by atoms with van der Waals surface area (Å²) in [5.74, 6) is 0.735. The van der Waals surface area contributed by atoms with E-state index in [0.29, 0.717) is 6.04 Å². The first-order valence-corrected chi connectivity index (χ1v) is 8.61. The summed E-state index contributed by atoms with van der Waals surface area (Å²) in [4.78, 5) is 0. The average molecular weight is 256 g/mol. The summed E-state index contributed by atoms with van der Waals surface area (Å²) in [6, 6.07) is 1.47. The first-order valence-electron chi connectivity index (χ1n) is 7.32. The van der Waals surface area contributed by atoms with Crippen LogP contribution in [0.1, 0.15) is 51.4 Å². The molecule has 3 heteroatoms. The van der Waals surface area contributed by atoms with Crippen LogP contribution in [0.2, 0.25) is 0 Å². The van der Waals surface area contributed by atoms with E-state index in [4.69, 9.17) is 5.73 Å². The van der Waals surface area contributed by atoms with Crippen molar-refractivity contribution >= 4 is 11.8 Å². The van der Waals surface area contributed by atoms with Gasteiger partial charge in [0.25, 0.3) is 0 Å². The van der Waals surface area contributed by atoms with Crippen LogP contribution in [0, 0.1) is 5.92 Å². The molecule has 0 radical (unpaired) electrons. The van der Waals surface area contributed by atoms with E-state index in [1.165, 1.54) is 51.4 Å². The minimum atomic E-state index is 0.708. The van der Waals surface area contributed by atoms with E-state index in [1.54, 1.807) is 0 Å². The highest BCUT2D eigenvalue weighted by Crippen LogP contribution is 2.29. The molecule has 0 saturated heterocycles. The molecule has 4 unspecified atom stereocenters. The minimum Gasteiger partial charge on any atom is -0.330 e. The molecule has 2 saturated carbocycles. The van der Waals surface area contributed by atoms with Crippen LogP contribution in [0.3, 0.4) is 0 Å². The lowest BCUT2D eigenvalue weighted by atomic mass is 9.83. The molecule has 0 aromatic carbocycles. The summed E-state index contributed by atoms with van der Waals surface area (Å²) in [7, 11) is 0. The Morgan fingerprint density at radius 2 is 1.94 bits per heavy atom. The molecular weight excluding hydrogens is 228 g/mol. The Kier molecular flexibility index (Phi) is 5.64. The van der Waals surface area contributed by atoms with Gasteiger partial charge in [-0.25, -0.2) is 0 Å². The molecule has 2 aliphatic rings. The van der Waals surface area contributed by atoms with Crippen LogP contribution in [-0.4, -0.2) is 30.1 Å². The lowest BCUT2D eigenvalue weighted by molar-refractivity contribution is 0.228. The molecule has 0 heterocycles. The Morgan fingerprint density at radius 1 is 1.12 bits per heavy atom. The van der Waals surface area contributed by atoms with Gasteiger partial charge in [0.1, 0.15) is 0 Å². The predicted octanol–water partition coefficient (Wildman–Crippen LogP) is 2.77. The summed E-state index contributed by atoms with van der Waals surface area (Å²) < 4.78 is 0. The van der Waals surface area contributed by atoms with Crippen LogP contribution in [-0.2, 0) is 0 Å². The SMILES string of the molecule is CSC1CCCC(NC2CCCCC2CN)C1. The van der Waals surface area contributed by atoms with Crippen molar-refractivity contribution in [1.29, 1.82) is 0 Å².